The second kappa shape index (κ2) is 8.96. The minimum Gasteiger partial charge on any atom is -0.376 e. The Morgan fingerprint density at radius 2 is 1.96 bits per heavy atom. The number of nitriles is 1. The molecule has 0 bridgehead atoms. The van der Waals surface area contributed by atoms with E-state index in [0.29, 0.717) is 5.69 Å². The van der Waals surface area contributed by atoms with Gasteiger partial charge < -0.3 is 10.6 Å². The number of thioether (sulfide) groups is 1. The summed E-state index contributed by atoms with van der Waals surface area (Å²) in [5, 5.41) is 14.0. The van der Waals surface area contributed by atoms with E-state index in [4.69, 9.17) is 5.26 Å². The van der Waals surface area contributed by atoms with Crippen LogP contribution < -0.4 is 10.6 Å². The molecular formula is C17H13BrF3N3OS. The fourth-order valence-corrected chi connectivity index (χ4v) is 3.18. The highest BCUT2D eigenvalue weighted by atomic mass is 79.9. The monoisotopic (exact) mass is 443 g/mol. The molecular weight excluding hydrogens is 431 g/mol. The lowest BCUT2D eigenvalue weighted by atomic mass is 10.2. The minimum absolute atomic E-state index is 0.0663. The van der Waals surface area contributed by atoms with Crippen LogP contribution in [0, 0.1) is 11.3 Å². The molecule has 0 aromatic heterocycles. The van der Waals surface area contributed by atoms with Crippen LogP contribution in [0.25, 0.3) is 0 Å². The molecule has 2 N–H and O–H groups in total. The molecule has 0 aliphatic heterocycles. The fraction of sp³-hybridized carbons (Fsp3) is 0.176. The third kappa shape index (κ3) is 5.68. The Kier molecular flexibility index (Phi) is 6.94. The van der Waals surface area contributed by atoms with Gasteiger partial charge in [0, 0.05) is 15.1 Å². The van der Waals surface area contributed by atoms with Crippen molar-refractivity contribution in [3.63, 3.8) is 0 Å². The Hall–Kier alpha value is -2.18. The van der Waals surface area contributed by atoms with Crippen molar-refractivity contribution in [2.75, 3.05) is 22.9 Å². The summed E-state index contributed by atoms with van der Waals surface area (Å²) >= 11 is 4.15. The molecule has 0 aliphatic carbocycles. The maximum Gasteiger partial charge on any atom is 0.417 e. The second-order valence-electron chi connectivity index (χ2n) is 5.04. The van der Waals surface area contributed by atoms with E-state index in [1.807, 2.05) is 6.07 Å². The van der Waals surface area contributed by atoms with Crippen LogP contribution >= 0.6 is 27.7 Å². The lowest BCUT2D eigenvalue weighted by Gasteiger charge is -2.13. The first kappa shape index (κ1) is 20.1. The van der Waals surface area contributed by atoms with E-state index >= 15 is 0 Å². The molecule has 9 heteroatoms. The first-order valence-electron chi connectivity index (χ1n) is 7.30. The minimum atomic E-state index is -4.49. The van der Waals surface area contributed by atoms with Crippen LogP contribution in [0.15, 0.2) is 51.8 Å². The summed E-state index contributed by atoms with van der Waals surface area (Å²) in [4.78, 5) is 12.8. The van der Waals surface area contributed by atoms with Crippen molar-refractivity contribution in [2.45, 2.75) is 11.1 Å². The quantitative estimate of drug-likeness (QED) is 0.607. The van der Waals surface area contributed by atoms with Crippen molar-refractivity contribution in [3.8, 4) is 6.07 Å². The average molecular weight is 444 g/mol. The van der Waals surface area contributed by atoms with Crippen LogP contribution in [-0.2, 0) is 11.0 Å². The van der Waals surface area contributed by atoms with Crippen LogP contribution in [0.3, 0.4) is 0 Å². The molecule has 2 rings (SSSR count). The lowest BCUT2D eigenvalue weighted by molar-refractivity contribution is -0.138. The van der Waals surface area contributed by atoms with Gasteiger partial charge in [-0.05, 0) is 30.3 Å². The summed E-state index contributed by atoms with van der Waals surface area (Å²) in [5.74, 6) is -0.170. The molecule has 4 nitrogen and oxygen atoms in total. The molecule has 0 radical (unpaired) electrons. The highest BCUT2D eigenvalue weighted by Crippen LogP contribution is 2.36. The molecule has 0 saturated heterocycles. The number of amides is 1. The molecule has 0 unspecified atom stereocenters. The third-order valence-electron chi connectivity index (χ3n) is 3.18. The highest BCUT2D eigenvalue weighted by Gasteiger charge is 2.33. The maximum atomic E-state index is 12.9. The molecule has 1 amide bonds. The number of nitrogens with zero attached hydrogens (tertiary/aromatic N) is 1. The number of carbonyl (C=O) groups is 1. The van der Waals surface area contributed by atoms with Gasteiger partial charge in [0.25, 0.3) is 0 Å². The average Bonchev–Trinajstić information content (AvgIpc) is 2.59. The van der Waals surface area contributed by atoms with Crippen LogP contribution in [0.1, 0.15) is 5.56 Å². The van der Waals surface area contributed by atoms with Gasteiger partial charge in [-0.15, -0.1) is 11.8 Å². The Bertz CT molecular complexity index is 837. The van der Waals surface area contributed by atoms with Gasteiger partial charge in [-0.1, -0.05) is 28.1 Å². The Morgan fingerprint density at radius 3 is 2.65 bits per heavy atom. The SMILES string of the molecule is N#CCSc1ccccc1NC(=O)CNc1ccc(Br)c(C(F)(F)F)c1. The van der Waals surface area contributed by atoms with Gasteiger partial charge in [-0.25, -0.2) is 0 Å². The number of hydrogen-bond donors (Lipinski definition) is 2. The topological polar surface area (TPSA) is 64.9 Å². The zero-order valence-electron chi connectivity index (χ0n) is 13.2. The lowest BCUT2D eigenvalue weighted by Crippen LogP contribution is -2.22. The standard InChI is InChI=1S/C17H13BrF3N3OS/c18-13-6-5-11(9-12(13)17(19,20)21)23-10-16(25)24-14-3-1-2-4-15(14)26-8-7-22/h1-6,9,23H,8,10H2,(H,24,25). The molecule has 0 saturated carbocycles. The molecule has 0 heterocycles. The van der Waals surface area contributed by atoms with Crippen LogP contribution in [0.4, 0.5) is 24.5 Å². The van der Waals surface area contributed by atoms with Crippen LogP contribution in [0.5, 0.6) is 0 Å². The number of halogens is 4. The largest absolute Gasteiger partial charge is 0.417 e. The van der Waals surface area contributed by atoms with E-state index in [0.717, 1.165) is 11.0 Å². The molecule has 0 spiro atoms. The number of nitrogens with one attached hydrogen (secondary N) is 2. The molecule has 0 aliphatic rings. The summed E-state index contributed by atoms with van der Waals surface area (Å²) in [6, 6.07) is 12.7. The van der Waals surface area contributed by atoms with Crippen molar-refractivity contribution in [3.05, 3.63) is 52.5 Å². The number of rotatable bonds is 6. The number of alkyl halides is 3. The second-order valence-corrected chi connectivity index (χ2v) is 6.91. The first-order chi connectivity index (χ1) is 12.3. The van der Waals surface area contributed by atoms with Crippen LogP contribution in [0.2, 0.25) is 0 Å². The van der Waals surface area contributed by atoms with Crippen molar-refractivity contribution in [2.24, 2.45) is 0 Å². The summed E-state index contributed by atoms with van der Waals surface area (Å²) in [6.45, 7) is -0.198. The van der Waals surface area contributed by atoms with E-state index in [-0.39, 0.29) is 22.5 Å². The van der Waals surface area contributed by atoms with Gasteiger partial charge in [-0.2, -0.15) is 18.4 Å². The summed E-state index contributed by atoms with van der Waals surface area (Å²) < 4.78 is 38.6. The number of anilines is 2. The van der Waals surface area contributed by atoms with Gasteiger partial charge in [0.05, 0.1) is 29.6 Å². The van der Waals surface area contributed by atoms with Gasteiger partial charge in [0.2, 0.25) is 5.91 Å². The van der Waals surface area contributed by atoms with E-state index in [1.165, 1.54) is 23.9 Å². The van der Waals surface area contributed by atoms with Crippen LogP contribution in [-0.4, -0.2) is 18.2 Å². The smallest absolute Gasteiger partial charge is 0.376 e. The van der Waals surface area contributed by atoms with Gasteiger partial charge in [-0.3, -0.25) is 4.79 Å². The van der Waals surface area contributed by atoms with Crippen molar-refractivity contribution in [1.29, 1.82) is 5.26 Å². The zero-order valence-corrected chi connectivity index (χ0v) is 15.6. The summed E-state index contributed by atoms with van der Waals surface area (Å²) in [6.07, 6.45) is -4.49. The summed E-state index contributed by atoms with van der Waals surface area (Å²) in [5.41, 5.74) is -0.0877. The molecule has 0 atom stereocenters. The van der Waals surface area contributed by atoms with Crippen molar-refractivity contribution < 1.29 is 18.0 Å². The highest BCUT2D eigenvalue weighted by molar-refractivity contribution is 9.10. The first-order valence-corrected chi connectivity index (χ1v) is 9.08. The molecule has 2 aromatic carbocycles. The molecule has 136 valence electrons. The number of hydrogen-bond acceptors (Lipinski definition) is 4. The molecule has 2 aromatic rings. The number of benzene rings is 2. The maximum absolute atomic E-state index is 12.9. The van der Waals surface area contributed by atoms with E-state index in [9.17, 15) is 18.0 Å². The Balaban J connectivity index is 2.01. The van der Waals surface area contributed by atoms with Gasteiger partial charge in [0.1, 0.15) is 0 Å². The van der Waals surface area contributed by atoms with E-state index in [2.05, 4.69) is 26.6 Å². The normalized spacial score (nSPS) is 10.9. The van der Waals surface area contributed by atoms with E-state index < -0.39 is 17.6 Å². The Labute approximate surface area is 160 Å². The van der Waals surface area contributed by atoms with Crippen molar-refractivity contribution >= 4 is 45.0 Å². The van der Waals surface area contributed by atoms with E-state index in [1.54, 1.807) is 24.3 Å². The molecule has 26 heavy (non-hydrogen) atoms. The predicted molar refractivity (Wildman–Crippen MR) is 99.0 cm³/mol. The Morgan fingerprint density at radius 1 is 1.23 bits per heavy atom. The van der Waals surface area contributed by atoms with Gasteiger partial charge >= 0.3 is 6.18 Å². The number of carbonyl (C=O) groups excluding carboxylic acids is 1. The van der Waals surface area contributed by atoms with Crippen molar-refractivity contribution in [1.82, 2.24) is 0 Å². The zero-order chi connectivity index (χ0) is 19.2. The fourth-order valence-electron chi connectivity index (χ4n) is 2.04. The third-order valence-corrected chi connectivity index (χ3v) is 4.81. The summed E-state index contributed by atoms with van der Waals surface area (Å²) in [7, 11) is 0. The number of para-hydroxylation sites is 1. The van der Waals surface area contributed by atoms with Gasteiger partial charge in [0.15, 0.2) is 0 Å². The molecule has 0 fully saturated rings. The predicted octanol–water partition coefficient (Wildman–Crippen LogP) is 5.13.